The first-order valence-corrected chi connectivity index (χ1v) is 11.7. The van der Waals surface area contributed by atoms with Gasteiger partial charge in [-0.15, -0.1) is 0 Å². The quantitative estimate of drug-likeness (QED) is 0.648. The van der Waals surface area contributed by atoms with Crippen LogP contribution in [0.15, 0.2) is 70.9 Å². The van der Waals surface area contributed by atoms with Crippen molar-refractivity contribution in [3.63, 3.8) is 0 Å². The number of aromatic nitrogens is 2. The molecule has 1 saturated heterocycles. The Labute approximate surface area is 202 Å². The molecule has 1 atom stereocenters. The highest BCUT2D eigenvalue weighted by atomic mass is 19.1. The highest BCUT2D eigenvalue weighted by Gasteiger charge is 2.31. The van der Waals surface area contributed by atoms with Gasteiger partial charge in [-0.3, -0.25) is 9.69 Å². The number of urea groups is 1. The topological polar surface area (TPSA) is 91.6 Å². The summed E-state index contributed by atoms with van der Waals surface area (Å²) in [5.41, 5.74) is 3.04. The van der Waals surface area contributed by atoms with Crippen LogP contribution in [0.4, 0.5) is 15.0 Å². The largest absolute Gasteiger partial charge is 0.356 e. The molecule has 1 N–H and O–H groups in total. The molecule has 2 aliphatic carbocycles. The van der Waals surface area contributed by atoms with Gasteiger partial charge in [-0.25, -0.2) is 14.2 Å². The summed E-state index contributed by atoms with van der Waals surface area (Å²) in [5.74, 6) is 0.842. The lowest BCUT2D eigenvalue weighted by Crippen LogP contribution is -2.33. The Balaban J connectivity index is 1.19. The molecule has 0 spiro atoms. The van der Waals surface area contributed by atoms with Gasteiger partial charge in [0, 0.05) is 43.9 Å². The van der Waals surface area contributed by atoms with E-state index in [9.17, 15) is 14.0 Å². The maximum absolute atomic E-state index is 13.3. The zero-order chi connectivity index (χ0) is 24.2. The molecular weight excluding hydrogens is 449 g/mol. The number of hydrogen-bond acceptors (Lipinski definition) is 5. The van der Waals surface area contributed by atoms with Crippen molar-refractivity contribution in [1.82, 2.24) is 20.4 Å². The van der Waals surface area contributed by atoms with Crippen molar-refractivity contribution in [3.05, 3.63) is 83.4 Å². The van der Waals surface area contributed by atoms with Gasteiger partial charge in [0.2, 0.25) is 0 Å². The third kappa shape index (κ3) is 5.24. The summed E-state index contributed by atoms with van der Waals surface area (Å²) >= 11 is 0. The van der Waals surface area contributed by atoms with Gasteiger partial charge in [-0.1, -0.05) is 41.6 Å². The molecule has 3 amide bonds. The van der Waals surface area contributed by atoms with E-state index in [2.05, 4.69) is 21.5 Å². The van der Waals surface area contributed by atoms with E-state index >= 15 is 0 Å². The van der Waals surface area contributed by atoms with Crippen molar-refractivity contribution in [2.75, 3.05) is 24.5 Å². The fraction of sp³-hybridized carbons (Fsp3) is 0.308. The first-order chi connectivity index (χ1) is 17.1. The molecule has 2 aromatic heterocycles. The van der Waals surface area contributed by atoms with Gasteiger partial charge < -0.3 is 14.7 Å². The third-order valence-corrected chi connectivity index (χ3v) is 6.20. The van der Waals surface area contributed by atoms with Gasteiger partial charge in [0.25, 0.3) is 5.91 Å². The minimum absolute atomic E-state index is 0.186. The summed E-state index contributed by atoms with van der Waals surface area (Å²) in [6, 6.07) is 4.87. The lowest BCUT2D eigenvalue weighted by atomic mass is 10.0. The molecule has 9 heteroatoms. The Hall–Kier alpha value is -4.01. The second-order valence-corrected chi connectivity index (χ2v) is 8.67. The summed E-state index contributed by atoms with van der Waals surface area (Å²) < 4.78 is 18.7. The number of hydrogen-bond donors (Lipinski definition) is 1. The third-order valence-electron chi connectivity index (χ3n) is 6.20. The van der Waals surface area contributed by atoms with Crippen LogP contribution in [0.3, 0.4) is 0 Å². The van der Waals surface area contributed by atoms with Crippen LogP contribution < -0.4 is 10.2 Å². The highest BCUT2D eigenvalue weighted by molar-refractivity contribution is 5.97. The molecule has 1 fully saturated rings. The predicted octanol–water partition coefficient (Wildman–Crippen LogP) is 4.20. The summed E-state index contributed by atoms with van der Waals surface area (Å²) in [5, 5.41) is 6.90. The molecule has 0 radical (unpaired) electrons. The molecule has 0 saturated carbocycles. The number of carbonyl (C=O) groups is 2. The first kappa shape index (κ1) is 22.8. The second kappa shape index (κ2) is 10.1. The molecule has 8 nitrogen and oxygen atoms in total. The number of alkyl halides is 1. The minimum atomic E-state index is -0.958. The zero-order valence-corrected chi connectivity index (χ0v) is 19.2. The van der Waals surface area contributed by atoms with E-state index < -0.39 is 6.17 Å². The molecule has 2 aromatic rings. The average molecular weight is 476 g/mol. The van der Waals surface area contributed by atoms with Crippen LogP contribution in [-0.2, 0) is 6.54 Å². The molecular formula is C26H26FN5O3. The zero-order valence-electron chi connectivity index (χ0n) is 19.2. The van der Waals surface area contributed by atoms with Crippen molar-refractivity contribution < 1.29 is 18.5 Å². The number of pyridine rings is 1. The second-order valence-electron chi connectivity index (χ2n) is 8.67. The Morgan fingerprint density at radius 1 is 1.29 bits per heavy atom. The summed E-state index contributed by atoms with van der Waals surface area (Å²) in [6.45, 7) is 1.64. The average Bonchev–Trinajstić information content (AvgIpc) is 3.51. The number of anilines is 1. The Bertz CT molecular complexity index is 1250. The maximum atomic E-state index is 13.3. The predicted molar refractivity (Wildman–Crippen MR) is 129 cm³/mol. The fourth-order valence-corrected chi connectivity index (χ4v) is 4.25. The summed E-state index contributed by atoms with van der Waals surface area (Å²) in [7, 11) is 0. The maximum Gasteiger partial charge on any atom is 0.326 e. The summed E-state index contributed by atoms with van der Waals surface area (Å²) in [6.07, 6.45) is 13.9. The van der Waals surface area contributed by atoms with Gasteiger partial charge in [-0.2, -0.15) is 0 Å². The molecule has 3 aliphatic rings. The van der Waals surface area contributed by atoms with Gasteiger partial charge in [0.1, 0.15) is 17.7 Å². The normalized spacial score (nSPS) is 19.7. The van der Waals surface area contributed by atoms with Gasteiger partial charge in [0.05, 0.1) is 6.54 Å². The van der Waals surface area contributed by atoms with E-state index in [0.29, 0.717) is 48.9 Å². The van der Waals surface area contributed by atoms with E-state index in [1.807, 2.05) is 24.3 Å². The molecule has 1 unspecified atom stereocenters. The van der Waals surface area contributed by atoms with Crippen LogP contribution in [-0.4, -0.2) is 52.8 Å². The van der Waals surface area contributed by atoms with Crippen molar-refractivity contribution in [1.29, 1.82) is 0 Å². The van der Waals surface area contributed by atoms with Crippen LogP contribution in [0.2, 0.25) is 0 Å². The Morgan fingerprint density at radius 3 is 3.00 bits per heavy atom. The van der Waals surface area contributed by atoms with Gasteiger partial charge >= 0.3 is 6.03 Å². The summed E-state index contributed by atoms with van der Waals surface area (Å²) in [4.78, 5) is 33.2. The van der Waals surface area contributed by atoms with E-state index in [-0.39, 0.29) is 18.5 Å². The molecule has 180 valence electrons. The van der Waals surface area contributed by atoms with Crippen LogP contribution in [0.25, 0.3) is 5.57 Å². The minimum Gasteiger partial charge on any atom is -0.356 e. The smallest absolute Gasteiger partial charge is 0.326 e. The highest BCUT2D eigenvalue weighted by Crippen LogP contribution is 2.24. The number of carbonyl (C=O) groups excluding carboxylic acids is 2. The molecule has 1 aliphatic heterocycles. The SMILES string of the molecule is O=C(NCc1cc(C2=CC=CCC2)on1)c1ccnc(N2CCN(CC3=CCC(F)C=C3)C2=O)c1. The van der Waals surface area contributed by atoms with Crippen molar-refractivity contribution in [2.45, 2.75) is 32.0 Å². The first-order valence-electron chi connectivity index (χ1n) is 11.7. The van der Waals surface area contributed by atoms with Crippen molar-refractivity contribution in [2.24, 2.45) is 0 Å². The van der Waals surface area contributed by atoms with E-state index in [1.165, 1.54) is 12.3 Å². The molecule has 5 rings (SSSR count). The van der Waals surface area contributed by atoms with E-state index in [1.54, 1.807) is 28.0 Å². The van der Waals surface area contributed by atoms with Crippen LogP contribution in [0.1, 0.15) is 41.1 Å². The van der Waals surface area contributed by atoms with Crippen LogP contribution in [0.5, 0.6) is 0 Å². The Morgan fingerprint density at radius 2 is 2.20 bits per heavy atom. The van der Waals surface area contributed by atoms with Gasteiger partial charge in [-0.05, 0) is 36.1 Å². The fourth-order valence-electron chi connectivity index (χ4n) is 4.25. The number of amides is 3. The lowest BCUT2D eigenvalue weighted by molar-refractivity contribution is 0.0950. The van der Waals surface area contributed by atoms with Crippen LogP contribution in [0, 0.1) is 0 Å². The standard InChI is InChI=1S/C26H26FN5O3/c27-21-8-6-18(7-9-21)17-31-12-13-32(26(31)34)24-14-20(10-11-28-24)25(33)29-16-22-15-23(35-30-22)19-4-2-1-3-5-19/h1-2,4,6-8,10-11,14-15,21H,3,5,9,12-13,16-17H2,(H,29,33). The van der Waals surface area contributed by atoms with E-state index in [4.69, 9.17) is 4.52 Å². The lowest BCUT2D eigenvalue weighted by Gasteiger charge is -2.20. The molecule has 35 heavy (non-hydrogen) atoms. The van der Waals surface area contributed by atoms with E-state index in [0.717, 1.165) is 24.0 Å². The monoisotopic (exact) mass is 475 g/mol. The molecule has 0 aromatic carbocycles. The number of rotatable bonds is 7. The Kier molecular flexibility index (Phi) is 6.56. The number of nitrogens with one attached hydrogen (secondary N) is 1. The van der Waals surface area contributed by atoms with Gasteiger partial charge in [0.15, 0.2) is 5.76 Å². The number of allylic oxidation sites excluding steroid dienone is 6. The van der Waals surface area contributed by atoms with Crippen molar-refractivity contribution in [3.8, 4) is 0 Å². The van der Waals surface area contributed by atoms with Crippen molar-refractivity contribution >= 4 is 23.3 Å². The number of nitrogens with zero attached hydrogens (tertiary/aromatic N) is 4. The molecule has 0 bridgehead atoms. The molecule has 3 heterocycles. The van der Waals surface area contributed by atoms with Crippen LogP contribution >= 0.6 is 0 Å². The number of halogens is 1.